The fourth-order valence-electron chi connectivity index (χ4n) is 2.54. The van der Waals surface area contributed by atoms with E-state index in [1.165, 1.54) is 4.90 Å². The van der Waals surface area contributed by atoms with Gasteiger partial charge in [-0.3, -0.25) is 14.4 Å². The molecule has 3 N–H and O–H groups in total. The summed E-state index contributed by atoms with van der Waals surface area (Å²) in [6.45, 7) is 3.66. The van der Waals surface area contributed by atoms with Crippen LogP contribution in [0, 0.1) is 6.92 Å². The van der Waals surface area contributed by atoms with Crippen LogP contribution < -0.4 is 16.0 Å². The average molecular weight is 382 g/mol. The molecule has 0 aliphatic rings. The highest BCUT2D eigenvalue weighted by Gasteiger charge is 2.11. The summed E-state index contributed by atoms with van der Waals surface area (Å²) in [5.41, 5.74) is 3.33. The minimum atomic E-state index is -0.230. The lowest BCUT2D eigenvalue weighted by Gasteiger charge is -2.14. The van der Waals surface area contributed by atoms with Crippen LogP contribution in [0.5, 0.6) is 0 Å². The molecule has 2 aromatic carbocycles. The first-order valence-electron chi connectivity index (χ1n) is 9.06. The number of benzene rings is 2. The first-order valence-corrected chi connectivity index (χ1v) is 9.06. The molecule has 3 amide bonds. The van der Waals surface area contributed by atoms with Gasteiger partial charge < -0.3 is 20.9 Å². The van der Waals surface area contributed by atoms with Gasteiger partial charge in [0.05, 0.1) is 6.54 Å². The van der Waals surface area contributed by atoms with E-state index in [1.54, 1.807) is 63.5 Å². The Bertz CT molecular complexity index is 878. The molecule has 0 fully saturated rings. The molecule has 2 aromatic rings. The van der Waals surface area contributed by atoms with Gasteiger partial charge in [0.15, 0.2) is 0 Å². The number of rotatable bonds is 7. The maximum atomic E-state index is 12.3. The lowest BCUT2D eigenvalue weighted by atomic mass is 10.1. The lowest BCUT2D eigenvalue weighted by molar-refractivity contribution is -0.116. The highest BCUT2D eigenvalue weighted by atomic mass is 16.2. The predicted molar refractivity (Wildman–Crippen MR) is 112 cm³/mol. The summed E-state index contributed by atoms with van der Waals surface area (Å²) >= 11 is 0. The third kappa shape index (κ3) is 5.57. The monoisotopic (exact) mass is 382 g/mol. The van der Waals surface area contributed by atoms with Crippen molar-refractivity contribution in [3.8, 4) is 0 Å². The number of hydrogen-bond acceptors (Lipinski definition) is 4. The average Bonchev–Trinajstić information content (AvgIpc) is 2.68. The van der Waals surface area contributed by atoms with Crippen LogP contribution in [-0.4, -0.2) is 43.3 Å². The number of amides is 3. The van der Waals surface area contributed by atoms with Crippen LogP contribution in [0.25, 0.3) is 0 Å². The van der Waals surface area contributed by atoms with Crippen molar-refractivity contribution in [2.75, 3.05) is 36.6 Å². The summed E-state index contributed by atoms with van der Waals surface area (Å²) in [4.78, 5) is 37.5. The van der Waals surface area contributed by atoms with Crippen molar-refractivity contribution in [1.82, 2.24) is 4.90 Å². The third-order valence-electron chi connectivity index (χ3n) is 4.17. The largest absolute Gasteiger partial charge is 0.376 e. The molecular weight excluding hydrogens is 356 g/mol. The molecule has 0 aromatic heterocycles. The van der Waals surface area contributed by atoms with Gasteiger partial charge in [-0.15, -0.1) is 0 Å². The van der Waals surface area contributed by atoms with Gasteiger partial charge in [0.2, 0.25) is 11.8 Å². The summed E-state index contributed by atoms with van der Waals surface area (Å²) in [7, 11) is 3.38. The molecule has 0 atom stereocenters. The fraction of sp³-hybridized carbons (Fsp3) is 0.286. The van der Waals surface area contributed by atoms with E-state index < -0.39 is 0 Å². The van der Waals surface area contributed by atoms with E-state index >= 15 is 0 Å². The first kappa shape index (κ1) is 21.0. The normalized spacial score (nSPS) is 10.1. The number of carbonyl (C=O) groups is 3. The second-order valence-electron chi connectivity index (χ2n) is 6.56. The second kappa shape index (κ2) is 9.55. The van der Waals surface area contributed by atoms with Gasteiger partial charge >= 0.3 is 0 Å². The zero-order chi connectivity index (χ0) is 20.7. The van der Waals surface area contributed by atoms with Gasteiger partial charge in [-0.2, -0.15) is 0 Å². The molecule has 0 unspecified atom stereocenters. The van der Waals surface area contributed by atoms with Crippen LogP contribution >= 0.6 is 0 Å². The highest BCUT2D eigenvalue weighted by molar-refractivity contribution is 5.98. The Morgan fingerprint density at radius 2 is 1.54 bits per heavy atom. The van der Waals surface area contributed by atoms with Crippen molar-refractivity contribution < 1.29 is 14.4 Å². The molecule has 0 saturated heterocycles. The molecule has 0 radical (unpaired) electrons. The molecule has 0 heterocycles. The van der Waals surface area contributed by atoms with Gasteiger partial charge in [0, 0.05) is 43.1 Å². The molecule has 0 saturated carbocycles. The summed E-state index contributed by atoms with van der Waals surface area (Å²) in [5.74, 6) is -0.415. The number of carbonyl (C=O) groups excluding carboxylic acids is 3. The van der Waals surface area contributed by atoms with Gasteiger partial charge in [0.1, 0.15) is 0 Å². The molecule has 0 bridgehead atoms. The molecule has 0 spiro atoms. The van der Waals surface area contributed by atoms with Crippen molar-refractivity contribution in [1.29, 1.82) is 0 Å². The fourth-order valence-corrected chi connectivity index (χ4v) is 2.54. The number of hydrogen-bond donors (Lipinski definition) is 3. The molecule has 148 valence electrons. The van der Waals surface area contributed by atoms with Crippen LogP contribution in [0.1, 0.15) is 29.3 Å². The smallest absolute Gasteiger partial charge is 0.253 e. The van der Waals surface area contributed by atoms with E-state index in [4.69, 9.17) is 0 Å². The predicted octanol–water partition coefficient (Wildman–Crippen LogP) is 3.10. The van der Waals surface area contributed by atoms with E-state index in [9.17, 15) is 14.4 Å². The van der Waals surface area contributed by atoms with Crippen LogP contribution in [0.3, 0.4) is 0 Å². The quantitative estimate of drug-likeness (QED) is 0.686. The van der Waals surface area contributed by atoms with Crippen molar-refractivity contribution in [2.45, 2.75) is 20.3 Å². The number of nitrogens with zero attached hydrogens (tertiary/aromatic N) is 1. The third-order valence-corrected chi connectivity index (χ3v) is 4.17. The van der Waals surface area contributed by atoms with Crippen LogP contribution in [0.4, 0.5) is 17.1 Å². The Hall–Kier alpha value is -3.35. The summed E-state index contributed by atoms with van der Waals surface area (Å²) in [6.07, 6.45) is 0.384. The Morgan fingerprint density at radius 3 is 2.14 bits per heavy atom. The maximum Gasteiger partial charge on any atom is 0.253 e. The standard InChI is InChI=1S/C21H26N4O3/c1-5-19(26)23-17-10-7-11-18(14(17)2)24-20(27)13-22-16-9-6-8-15(12-16)21(28)25(3)4/h6-12,22H,5,13H2,1-4H3,(H,23,26)(H,24,27). The Morgan fingerprint density at radius 1 is 0.929 bits per heavy atom. The summed E-state index contributed by atoms with van der Waals surface area (Å²) in [5, 5.41) is 8.68. The molecule has 2 rings (SSSR count). The van der Waals surface area contributed by atoms with E-state index in [-0.39, 0.29) is 24.3 Å². The minimum absolute atomic E-state index is 0.0462. The van der Waals surface area contributed by atoms with Crippen LogP contribution in [0.15, 0.2) is 42.5 Å². The molecule has 28 heavy (non-hydrogen) atoms. The van der Waals surface area contributed by atoms with Crippen molar-refractivity contribution in [2.24, 2.45) is 0 Å². The highest BCUT2D eigenvalue weighted by Crippen LogP contribution is 2.23. The topological polar surface area (TPSA) is 90.5 Å². The molecule has 0 aliphatic heterocycles. The van der Waals surface area contributed by atoms with E-state index in [0.717, 1.165) is 5.56 Å². The minimum Gasteiger partial charge on any atom is -0.376 e. The Balaban J connectivity index is 2.00. The van der Waals surface area contributed by atoms with E-state index in [0.29, 0.717) is 29.0 Å². The molecule has 0 aliphatic carbocycles. The lowest BCUT2D eigenvalue weighted by Crippen LogP contribution is -2.23. The molecular formula is C21H26N4O3. The maximum absolute atomic E-state index is 12.3. The van der Waals surface area contributed by atoms with Gasteiger partial charge in [-0.05, 0) is 42.8 Å². The zero-order valence-corrected chi connectivity index (χ0v) is 16.6. The van der Waals surface area contributed by atoms with E-state index in [1.807, 2.05) is 6.92 Å². The Kier molecular flexibility index (Phi) is 7.14. The van der Waals surface area contributed by atoms with Crippen LogP contribution in [0.2, 0.25) is 0 Å². The first-order chi connectivity index (χ1) is 13.3. The van der Waals surface area contributed by atoms with Crippen molar-refractivity contribution >= 4 is 34.8 Å². The number of nitrogens with one attached hydrogen (secondary N) is 3. The van der Waals surface area contributed by atoms with E-state index in [2.05, 4.69) is 16.0 Å². The second-order valence-corrected chi connectivity index (χ2v) is 6.56. The molecule has 7 nitrogen and oxygen atoms in total. The zero-order valence-electron chi connectivity index (χ0n) is 16.6. The van der Waals surface area contributed by atoms with Gasteiger partial charge in [-0.25, -0.2) is 0 Å². The summed E-state index contributed by atoms with van der Waals surface area (Å²) < 4.78 is 0. The van der Waals surface area contributed by atoms with Crippen LogP contribution in [-0.2, 0) is 9.59 Å². The Labute approximate surface area is 165 Å². The van der Waals surface area contributed by atoms with Crippen molar-refractivity contribution in [3.63, 3.8) is 0 Å². The van der Waals surface area contributed by atoms with Gasteiger partial charge in [0.25, 0.3) is 5.91 Å². The number of anilines is 3. The summed E-state index contributed by atoms with van der Waals surface area (Å²) in [6, 6.07) is 12.4. The van der Waals surface area contributed by atoms with Crippen molar-refractivity contribution in [3.05, 3.63) is 53.6 Å². The van der Waals surface area contributed by atoms with Gasteiger partial charge in [-0.1, -0.05) is 19.1 Å². The SMILES string of the molecule is CCC(=O)Nc1cccc(NC(=O)CNc2cccc(C(=O)N(C)C)c2)c1C. The molecule has 7 heteroatoms.